The summed E-state index contributed by atoms with van der Waals surface area (Å²) in [7, 11) is 0. The van der Waals surface area contributed by atoms with Crippen LogP contribution in [0.15, 0.2) is 84.9 Å². The monoisotopic (exact) mass is 510 g/mol. The van der Waals surface area contributed by atoms with Gasteiger partial charge in [-0.25, -0.2) is 4.68 Å². The van der Waals surface area contributed by atoms with Crippen LogP contribution in [-0.4, -0.2) is 58.2 Å². The molecule has 37 heavy (non-hydrogen) atoms. The van der Waals surface area contributed by atoms with Crippen molar-refractivity contribution in [2.75, 3.05) is 32.7 Å². The molecule has 0 bridgehead atoms. The number of carbonyl (C=O) groups is 1. The zero-order valence-electron chi connectivity index (χ0n) is 21.3. The first kappa shape index (κ1) is 25.0. The van der Waals surface area contributed by atoms with Crippen LogP contribution in [0.3, 0.4) is 0 Å². The predicted octanol–water partition coefficient (Wildman–Crippen LogP) is 6.28. The van der Waals surface area contributed by atoms with Crippen LogP contribution in [0.1, 0.15) is 27.2 Å². The number of amides is 1. The van der Waals surface area contributed by atoms with Gasteiger partial charge in [-0.1, -0.05) is 66.2 Å². The highest BCUT2D eigenvalue weighted by atomic mass is 35.5. The van der Waals surface area contributed by atoms with Gasteiger partial charge in [0.2, 0.25) is 0 Å². The quantitative estimate of drug-likeness (QED) is 0.306. The van der Waals surface area contributed by atoms with Gasteiger partial charge < -0.3 is 4.90 Å². The number of hydrogen-bond donors (Lipinski definition) is 0. The highest BCUT2D eigenvalue weighted by molar-refractivity contribution is 6.30. The highest BCUT2D eigenvalue weighted by Crippen LogP contribution is 2.25. The van der Waals surface area contributed by atoms with E-state index in [1.807, 2.05) is 53.4 Å². The Bertz CT molecular complexity index is 1400. The molecule has 1 aromatic heterocycles. The summed E-state index contributed by atoms with van der Waals surface area (Å²) in [5.41, 5.74) is 6.79. The predicted molar refractivity (Wildman–Crippen MR) is 151 cm³/mol. The lowest BCUT2D eigenvalue weighted by Crippen LogP contribution is -2.49. The molecule has 0 radical (unpaired) electrons. The molecule has 6 heteroatoms. The van der Waals surface area contributed by atoms with Crippen molar-refractivity contribution in [3.63, 3.8) is 0 Å². The fraction of sp³-hybridized carbons (Fsp3) is 0.226. The molecule has 3 aromatic carbocycles. The van der Waals surface area contributed by atoms with Gasteiger partial charge in [-0.2, -0.15) is 5.10 Å². The van der Waals surface area contributed by atoms with Crippen LogP contribution in [0.5, 0.6) is 0 Å². The molecule has 188 valence electrons. The molecule has 1 aliphatic heterocycles. The van der Waals surface area contributed by atoms with Crippen molar-refractivity contribution in [2.45, 2.75) is 13.8 Å². The number of carbonyl (C=O) groups excluding carboxylic acids is 1. The summed E-state index contributed by atoms with van der Waals surface area (Å²) in [5.74, 6) is -0.00277. The van der Waals surface area contributed by atoms with E-state index in [4.69, 9.17) is 16.7 Å². The van der Waals surface area contributed by atoms with E-state index < -0.39 is 0 Å². The summed E-state index contributed by atoms with van der Waals surface area (Å²) in [4.78, 5) is 18.0. The minimum absolute atomic E-state index is 0.00277. The number of rotatable bonds is 6. The number of nitrogens with zero attached hydrogens (tertiary/aromatic N) is 4. The molecule has 1 fully saturated rings. The average molecular weight is 511 g/mol. The van der Waals surface area contributed by atoms with Crippen molar-refractivity contribution in [3.8, 4) is 16.9 Å². The Hall–Kier alpha value is -3.67. The van der Waals surface area contributed by atoms with E-state index in [9.17, 15) is 4.79 Å². The van der Waals surface area contributed by atoms with Crippen molar-refractivity contribution in [1.29, 1.82) is 0 Å². The molecule has 0 aliphatic carbocycles. The second-order valence-electron chi connectivity index (χ2n) is 9.51. The van der Waals surface area contributed by atoms with Crippen LogP contribution in [0.2, 0.25) is 5.02 Å². The van der Waals surface area contributed by atoms with E-state index in [0.29, 0.717) is 23.8 Å². The lowest BCUT2D eigenvalue weighted by atomic mass is 10.0. The number of aromatic nitrogens is 2. The number of halogens is 1. The molecule has 1 amide bonds. The molecule has 0 atom stereocenters. The molecule has 0 N–H and O–H groups in total. The van der Waals surface area contributed by atoms with Crippen LogP contribution in [-0.2, 0) is 0 Å². The summed E-state index contributed by atoms with van der Waals surface area (Å²) in [6, 6.07) is 26.0. The first-order chi connectivity index (χ1) is 18.0. The molecule has 0 spiro atoms. The van der Waals surface area contributed by atoms with Crippen molar-refractivity contribution in [1.82, 2.24) is 19.6 Å². The van der Waals surface area contributed by atoms with Crippen molar-refractivity contribution < 1.29 is 4.79 Å². The zero-order chi connectivity index (χ0) is 25.8. The van der Waals surface area contributed by atoms with Gasteiger partial charge in [-0.05, 0) is 66.9 Å². The lowest BCUT2D eigenvalue weighted by molar-refractivity contribution is 0.0641. The highest BCUT2D eigenvalue weighted by Gasteiger charge is 2.26. The smallest absolute Gasteiger partial charge is 0.272 e. The summed E-state index contributed by atoms with van der Waals surface area (Å²) in [5, 5.41) is 5.51. The third kappa shape index (κ3) is 5.85. The van der Waals surface area contributed by atoms with Gasteiger partial charge >= 0.3 is 0 Å². The summed E-state index contributed by atoms with van der Waals surface area (Å²) in [6.07, 6.45) is 4.34. The Morgan fingerprint density at radius 3 is 2.32 bits per heavy atom. The van der Waals surface area contributed by atoms with Crippen LogP contribution in [0.4, 0.5) is 0 Å². The maximum Gasteiger partial charge on any atom is 0.272 e. The molecule has 2 heterocycles. The Labute approximate surface area is 223 Å². The lowest BCUT2D eigenvalue weighted by Gasteiger charge is -2.34. The molecular formula is C31H31ClN4O. The normalized spacial score (nSPS) is 14.4. The molecule has 1 saturated heterocycles. The number of hydrogen-bond acceptors (Lipinski definition) is 3. The van der Waals surface area contributed by atoms with Crippen LogP contribution in [0.25, 0.3) is 23.0 Å². The van der Waals surface area contributed by atoms with E-state index in [0.717, 1.165) is 36.6 Å². The van der Waals surface area contributed by atoms with Gasteiger partial charge in [0.05, 0.1) is 11.4 Å². The van der Waals surface area contributed by atoms with Crippen molar-refractivity contribution >= 4 is 23.6 Å². The van der Waals surface area contributed by atoms with Crippen molar-refractivity contribution in [2.24, 2.45) is 0 Å². The van der Waals surface area contributed by atoms with Gasteiger partial charge in [0.25, 0.3) is 5.91 Å². The minimum Gasteiger partial charge on any atom is -0.335 e. The summed E-state index contributed by atoms with van der Waals surface area (Å²) < 4.78 is 1.75. The summed E-state index contributed by atoms with van der Waals surface area (Å²) in [6.45, 7) is 8.10. The third-order valence-corrected chi connectivity index (χ3v) is 7.19. The number of aryl methyl sites for hydroxylation is 2. The maximum atomic E-state index is 13.7. The van der Waals surface area contributed by atoms with Gasteiger partial charge in [-0.3, -0.25) is 9.69 Å². The van der Waals surface area contributed by atoms with Crippen molar-refractivity contribution in [3.05, 3.63) is 112 Å². The number of piperazine rings is 1. The summed E-state index contributed by atoms with van der Waals surface area (Å²) >= 11 is 6.13. The maximum absolute atomic E-state index is 13.7. The van der Waals surface area contributed by atoms with Gasteiger partial charge in [0, 0.05) is 43.3 Å². The molecular weight excluding hydrogens is 480 g/mol. The van der Waals surface area contributed by atoms with Crippen LogP contribution in [0, 0.1) is 13.8 Å². The topological polar surface area (TPSA) is 41.4 Å². The fourth-order valence-corrected chi connectivity index (χ4v) is 4.68. The molecule has 0 saturated carbocycles. The number of benzene rings is 3. The molecule has 0 unspecified atom stereocenters. The molecule has 5 rings (SSSR count). The third-order valence-electron chi connectivity index (χ3n) is 6.94. The Morgan fingerprint density at radius 1 is 0.892 bits per heavy atom. The average Bonchev–Trinajstić information content (AvgIpc) is 3.37. The van der Waals surface area contributed by atoms with Gasteiger partial charge in [0.15, 0.2) is 0 Å². The van der Waals surface area contributed by atoms with E-state index in [2.05, 4.69) is 61.2 Å². The zero-order valence-corrected chi connectivity index (χ0v) is 22.0. The van der Waals surface area contributed by atoms with Crippen LogP contribution >= 0.6 is 11.6 Å². The Morgan fingerprint density at radius 2 is 1.62 bits per heavy atom. The Kier molecular flexibility index (Phi) is 7.54. The Balaban J connectivity index is 1.34. The molecule has 4 aromatic rings. The van der Waals surface area contributed by atoms with E-state index in [1.165, 1.54) is 16.7 Å². The molecule has 5 nitrogen and oxygen atoms in total. The second kappa shape index (κ2) is 11.2. The van der Waals surface area contributed by atoms with Gasteiger partial charge in [-0.15, -0.1) is 0 Å². The van der Waals surface area contributed by atoms with E-state index in [-0.39, 0.29) is 5.91 Å². The minimum atomic E-state index is -0.00277. The molecule has 1 aliphatic rings. The van der Waals surface area contributed by atoms with Gasteiger partial charge in [0.1, 0.15) is 5.69 Å². The standard InChI is InChI=1S/C31H31ClN4O/c1-23-10-11-26(21-24(23)2)29-22-30(36(33-29)28-14-12-27(32)13-15-28)31(37)35-19-17-34(18-20-35)16-6-9-25-7-4-3-5-8-25/h3-15,21-22H,16-20H2,1-2H3. The SMILES string of the molecule is Cc1ccc(-c2cc(C(=O)N3CCN(CC=Cc4ccccc4)CC3)n(-c3ccc(Cl)cc3)n2)cc1C. The second-order valence-corrected chi connectivity index (χ2v) is 9.94. The van der Waals surface area contributed by atoms with E-state index in [1.54, 1.807) is 4.68 Å². The first-order valence-electron chi connectivity index (χ1n) is 12.6. The largest absolute Gasteiger partial charge is 0.335 e. The first-order valence-corrected chi connectivity index (χ1v) is 13.0. The fourth-order valence-electron chi connectivity index (χ4n) is 4.55. The van der Waals surface area contributed by atoms with Crippen LogP contribution < -0.4 is 0 Å². The van der Waals surface area contributed by atoms with E-state index >= 15 is 0 Å².